The Labute approximate surface area is 598 Å². The highest BCUT2D eigenvalue weighted by Crippen LogP contribution is 2.33. The number of aryl methyl sites for hydroxylation is 4. The summed E-state index contributed by atoms with van der Waals surface area (Å²) in [5.41, 5.74) is 11.4. The molecule has 1 aliphatic rings. The van der Waals surface area contributed by atoms with E-state index < -0.39 is 23.1 Å². The Balaban J connectivity index is 0.000000240. The van der Waals surface area contributed by atoms with Gasteiger partial charge in [0.2, 0.25) is 11.8 Å². The summed E-state index contributed by atoms with van der Waals surface area (Å²) < 4.78 is 55.2. The second-order valence-corrected chi connectivity index (χ2v) is 25.5. The number of phenolic OH excluding ortho intramolecular Hbond substituents is 2. The minimum Gasteiger partial charge on any atom is -0.508 e. The molecule has 1 atom stereocenters. The van der Waals surface area contributed by atoms with Crippen molar-refractivity contribution < 1.29 is 77.2 Å². The van der Waals surface area contributed by atoms with E-state index in [-0.39, 0.29) is 24.6 Å². The first-order valence-corrected chi connectivity index (χ1v) is 33.9. The molecule has 1 aliphatic heterocycles. The first-order chi connectivity index (χ1) is 47.1. The van der Waals surface area contributed by atoms with Crippen molar-refractivity contribution in [1.29, 1.82) is 0 Å². The number of pyridine rings is 2. The topological polar surface area (TPSA) is 250 Å². The molecule has 0 aliphatic carbocycles. The van der Waals surface area contributed by atoms with Crippen LogP contribution in [0.25, 0.3) is 22.5 Å². The maximum absolute atomic E-state index is 11.4. The smallest absolute Gasteiger partial charge is 0.384 e. The molecule has 5 aromatic carbocycles. The van der Waals surface area contributed by atoms with Gasteiger partial charge < -0.3 is 67.6 Å². The number of nitrogens with zero attached hydrogens (tertiary/aromatic N) is 3. The van der Waals surface area contributed by atoms with Gasteiger partial charge in [-0.1, -0.05) is 58.1 Å². The molecule has 1 saturated heterocycles. The zero-order chi connectivity index (χ0) is 72.5. The molecule has 21 heteroatoms. The SMILES string of the molecule is CCOC(=O)C#Cc1ccc(O)cc1.CCOC(=O)C#Cc1ccc(OCc2cccc(-c3cc(C)c(OCCC(C)(C)O)nc3C)c2C)cc1.COCOc1cc(-c2ccc(O)cc2)on1.Cc1c(Br)cccc1COC1CCCCO1.Cc1cc(OCCC(C)(C)O)nc(C)c1Br. The predicted octanol–water partition coefficient (Wildman–Crippen LogP) is 15.8. The summed E-state index contributed by atoms with van der Waals surface area (Å²) in [7, 11) is 1.53. The van der Waals surface area contributed by atoms with E-state index in [1.165, 1.54) is 36.8 Å². The third-order valence-electron chi connectivity index (χ3n) is 14.5. The van der Waals surface area contributed by atoms with E-state index in [2.05, 4.69) is 115 Å². The lowest BCUT2D eigenvalue weighted by Crippen LogP contribution is -2.22. The molecule has 1 fully saturated rings. The van der Waals surface area contributed by atoms with Crippen molar-refractivity contribution in [3.8, 4) is 81.0 Å². The summed E-state index contributed by atoms with van der Waals surface area (Å²) in [5, 5.41) is 41.3. The number of carbonyl (C=O) groups is 2. The molecule has 0 bridgehead atoms. The molecular weight excluding hydrogens is 1390 g/mol. The van der Waals surface area contributed by atoms with Crippen LogP contribution >= 0.6 is 31.9 Å². The second kappa shape index (κ2) is 41.6. The number of aliphatic hydroxyl groups is 2. The van der Waals surface area contributed by atoms with Crippen molar-refractivity contribution in [2.75, 3.05) is 46.9 Å². The summed E-state index contributed by atoms with van der Waals surface area (Å²) in [6, 6.07) is 38.2. The van der Waals surface area contributed by atoms with Crippen molar-refractivity contribution in [1.82, 2.24) is 15.1 Å². The van der Waals surface area contributed by atoms with Gasteiger partial charge >= 0.3 is 11.9 Å². The summed E-state index contributed by atoms with van der Waals surface area (Å²) in [4.78, 5) is 31.2. The van der Waals surface area contributed by atoms with Crippen LogP contribution in [0.1, 0.15) is 130 Å². The highest BCUT2D eigenvalue weighted by Gasteiger charge is 2.18. The summed E-state index contributed by atoms with van der Waals surface area (Å²) >= 11 is 6.98. The standard InChI is InChI=1S/C31H35NO5.C13H17BrO2.C12H18BrNO2.C11H11NO4.C11H10O3/c1-7-35-29(33)16-13-24-11-14-26(15-12-24)37-20-25-9-8-10-27(22(25)3)28-19-21(2)30(32-23(28)4)36-18-17-31(5,6)34;1-10-11(5-4-6-12(10)14)9-16-13-7-2-3-8-15-13;1-8-7-10(14-9(2)11(8)13)16-6-5-12(3,4)15;1-14-7-15-11-6-10(16-12-11)8-2-4-9(13)5-3-8;1-2-14-11(13)8-5-9-3-6-10(12)7-4-9/h8-12,14-15,19,34H,7,17-18,20H2,1-6H3;4-6,13H,2-3,7-9H2,1H3;7,15H,5-6H2,1-4H3;2-6,13H,7H2,1H3;3-4,6-7,12H,2H2,1H3. The fourth-order valence-electron chi connectivity index (χ4n) is 8.85. The molecular formula is C78H91Br2N3O16. The Hall–Kier alpha value is -8.77. The molecule has 8 aromatic rings. The molecule has 0 spiro atoms. The van der Waals surface area contributed by atoms with Crippen molar-refractivity contribution >= 4 is 43.8 Å². The molecule has 9 rings (SSSR count). The highest BCUT2D eigenvalue weighted by molar-refractivity contribution is 9.10. The van der Waals surface area contributed by atoms with E-state index in [9.17, 15) is 19.8 Å². The van der Waals surface area contributed by atoms with Gasteiger partial charge in [0.05, 0.1) is 49.9 Å². The molecule has 3 aromatic heterocycles. The quantitative estimate of drug-likeness (QED) is 0.0296. The van der Waals surface area contributed by atoms with Crippen LogP contribution in [0.2, 0.25) is 0 Å². The number of hydrogen-bond acceptors (Lipinski definition) is 19. The van der Waals surface area contributed by atoms with E-state index in [1.54, 1.807) is 84.0 Å². The molecule has 0 saturated carbocycles. The largest absolute Gasteiger partial charge is 0.508 e. The van der Waals surface area contributed by atoms with Crippen LogP contribution in [0.15, 0.2) is 141 Å². The van der Waals surface area contributed by atoms with E-state index >= 15 is 0 Å². The van der Waals surface area contributed by atoms with Gasteiger partial charge in [0.15, 0.2) is 18.8 Å². The van der Waals surface area contributed by atoms with Crippen molar-refractivity contribution in [3.63, 3.8) is 0 Å². The van der Waals surface area contributed by atoms with Crippen molar-refractivity contribution in [2.24, 2.45) is 0 Å². The summed E-state index contributed by atoms with van der Waals surface area (Å²) in [6.45, 7) is 26.1. The zero-order valence-corrected chi connectivity index (χ0v) is 61.9. The molecule has 4 N–H and O–H groups in total. The first-order valence-electron chi connectivity index (χ1n) is 32.3. The number of aromatic nitrogens is 3. The lowest BCUT2D eigenvalue weighted by Gasteiger charge is -2.23. The maximum Gasteiger partial charge on any atom is 0.384 e. The normalized spacial score (nSPS) is 12.2. The molecule has 19 nitrogen and oxygen atoms in total. The number of hydrogen-bond donors (Lipinski definition) is 4. The minimum atomic E-state index is -0.775. The number of carbonyl (C=O) groups excluding carboxylic acids is 2. The Bertz CT molecular complexity index is 3920. The summed E-state index contributed by atoms with van der Waals surface area (Å²) in [5.74, 6) is 12.4. The number of phenols is 2. The van der Waals surface area contributed by atoms with Crippen LogP contribution in [0.4, 0.5) is 0 Å². The van der Waals surface area contributed by atoms with Gasteiger partial charge in [-0.2, -0.15) is 0 Å². The van der Waals surface area contributed by atoms with Gasteiger partial charge in [-0.25, -0.2) is 19.6 Å². The van der Waals surface area contributed by atoms with Gasteiger partial charge in [0.1, 0.15) is 23.9 Å². The van der Waals surface area contributed by atoms with Crippen LogP contribution in [-0.4, -0.2) is 112 Å². The molecule has 99 heavy (non-hydrogen) atoms. The predicted molar refractivity (Wildman–Crippen MR) is 387 cm³/mol. The molecule has 528 valence electrons. The zero-order valence-electron chi connectivity index (χ0n) is 58.7. The Morgan fingerprint density at radius 2 is 1.19 bits per heavy atom. The van der Waals surface area contributed by atoms with Gasteiger partial charge in [-0.15, -0.1) is 0 Å². The number of methoxy groups -OCH3 is 1. The van der Waals surface area contributed by atoms with Gasteiger partial charge in [0.25, 0.3) is 5.88 Å². The average molecular weight is 1490 g/mol. The number of aromatic hydroxyl groups is 2. The van der Waals surface area contributed by atoms with Crippen LogP contribution in [0.3, 0.4) is 0 Å². The lowest BCUT2D eigenvalue weighted by atomic mass is 9.95. The second-order valence-electron chi connectivity index (χ2n) is 23.9. The maximum atomic E-state index is 11.4. The Kier molecular flexibility index (Phi) is 34.0. The number of benzene rings is 5. The van der Waals surface area contributed by atoms with E-state index in [0.717, 1.165) is 78.7 Å². The van der Waals surface area contributed by atoms with Crippen LogP contribution in [0.5, 0.6) is 34.9 Å². The first kappa shape index (κ1) is 80.9. The third kappa shape index (κ3) is 30.1. The van der Waals surface area contributed by atoms with E-state index in [4.69, 9.17) is 57.6 Å². The Morgan fingerprint density at radius 3 is 1.76 bits per heavy atom. The number of esters is 2. The van der Waals surface area contributed by atoms with Gasteiger partial charge in [-0.3, -0.25) is 0 Å². The van der Waals surface area contributed by atoms with Crippen molar-refractivity contribution in [2.45, 2.75) is 146 Å². The van der Waals surface area contributed by atoms with Crippen molar-refractivity contribution in [3.05, 3.63) is 192 Å². The average Bonchev–Trinajstić information content (AvgIpc) is 1.08. The fraction of sp³-hybridized carbons (Fsp3) is 0.372. The highest BCUT2D eigenvalue weighted by atomic mass is 79.9. The minimum absolute atomic E-state index is 0.00729. The van der Waals surface area contributed by atoms with Crippen LogP contribution < -0.4 is 18.9 Å². The van der Waals surface area contributed by atoms with E-state index in [0.29, 0.717) is 92.8 Å². The third-order valence-corrected chi connectivity index (χ3v) is 16.5. The molecule has 0 amide bonds. The Morgan fingerprint density at radius 1 is 0.616 bits per heavy atom. The monoisotopic (exact) mass is 1480 g/mol. The number of ether oxygens (including phenoxy) is 9. The fourth-order valence-corrected chi connectivity index (χ4v) is 9.46. The van der Waals surface area contributed by atoms with E-state index in [1.807, 2.05) is 70.2 Å². The van der Waals surface area contributed by atoms with Gasteiger partial charge in [0, 0.05) is 93.0 Å². The van der Waals surface area contributed by atoms with Crippen LogP contribution in [-0.2, 0) is 46.5 Å². The van der Waals surface area contributed by atoms with Gasteiger partial charge in [-0.05, 0) is 242 Å². The molecule has 4 heterocycles. The molecule has 1 unspecified atom stereocenters. The molecule has 0 radical (unpaired) electrons. The van der Waals surface area contributed by atoms with Crippen LogP contribution in [0, 0.1) is 65.2 Å². The number of rotatable bonds is 21. The lowest BCUT2D eigenvalue weighted by molar-refractivity contribution is -0.169. The summed E-state index contributed by atoms with van der Waals surface area (Å²) in [6.07, 6.45) is 4.50. The number of halogens is 2.